The fraction of sp³-hybridized carbons (Fsp3) is 0.457. The lowest BCUT2D eigenvalue weighted by atomic mass is 10.0. The van der Waals surface area contributed by atoms with Crippen LogP contribution >= 0.6 is 11.6 Å². The fourth-order valence-corrected chi connectivity index (χ4v) is 4.90. The molecule has 0 heterocycles. The molecule has 0 unspecified atom stereocenters. The zero-order valence-corrected chi connectivity index (χ0v) is 24.6. The first kappa shape index (κ1) is 30.8. The number of ether oxygens (including phenoxy) is 2. The monoisotopic (exact) mass is 548 g/mol. The number of carbonyl (C=O) groups is 1. The van der Waals surface area contributed by atoms with Gasteiger partial charge in [-0.25, -0.2) is 4.79 Å². The Morgan fingerprint density at radius 3 is 1.90 bits per heavy atom. The van der Waals surface area contributed by atoms with Gasteiger partial charge in [0.2, 0.25) is 0 Å². The van der Waals surface area contributed by atoms with Crippen LogP contribution in [0.5, 0.6) is 11.5 Å². The molecule has 210 valence electrons. The van der Waals surface area contributed by atoms with Crippen LogP contribution in [-0.4, -0.2) is 12.6 Å². The van der Waals surface area contributed by atoms with E-state index in [1.54, 1.807) is 12.1 Å². The van der Waals surface area contributed by atoms with E-state index in [2.05, 4.69) is 26.0 Å². The van der Waals surface area contributed by atoms with Gasteiger partial charge in [0, 0.05) is 0 Å². The number of benzene rings is 3. The Morgan fingerprint density at radius 2 is 1.26 bits per heavy atom. The standard InChI is InChI=1S/C35H45ClO3/c1-3-5-7-9-10-11-12-13-15-28-16-23-32(24-17-28)39-35(37)30-20-18-29(19-21-30)31-22-25-34(33(36)27-31)38-26-14-8-6-4-2/h16-25,27H,3-15,26H2,1-2H3. The largest absolute Gasteiger partial charge is 0.492 e. The van der Waals surface area contributed by atoms with Crippen LogP contribution in [-0.2, 0) is 6.42 Å². The fourth-order valence-electron chi connectivity index (χ4n) is 4.66. The van der Waals surface area contributed by atoms with Crippen LogP contribution in [0.25, 0.3) is 11.1 Å². The zero-order chi connectivity index (χ0) is 27.7. The Balaban J connectivity index is 1.44. The van der Waals surface area contributed by atoms with E-state index in [4.69, 9.17) is 21.1 Å². The summed E-state index contributed by atoms with van der Waals surface area (Å²) in [7, 11) is 0. The third-order valence-corrected chi connectivity index (χ3v) is 7.39. The number of aryl methyl sites for hydroxylation is 1. The third-order valence-electron chi connectivity index (χ3n) is 7.09. The maximum absolute atomic E-state index is 12.7. The molecule has 3 nitrogen and oxygen atoms in total. The lowest BCUT2D eigenvalue weighted by molar-refractivity contribution is 0.0734. The van der Waals surface area contributed by atoms with E-state index in [0.717, 1.165) is 24.0 Å². The van der Waals surface area contributed by atoms with Gasteiger partial charge in [0.1, 0.15) is 11.5 Å². The lowest BCUT2D eigenvalue weighted by Gasteiger charge is -2.10. The molecule has 0 saturated heterocycles. The second kappa shape index (κ2) is 17.7. The SMILES string of the molecule is CCCCCCCCCCc1ccc(OC(=O)c2ccc(-c3ccc(OCCCCCC)c(Cl)c3)cc2)cc1. The van der Waals surface area contributed by atoms with Gasteiger partial charge in [0.25, 0.3) is 0 Å². The Hall–Kier alpha value is -2.78. The molecular weight excluding hydrogens is 504 g/mol. The third kappa shape index (κ3) is 11.1. The van der Waals surface area contributed by atoms with Crippen molar-refractivity contribution in [1.29, 1.82) is 0 Å². The minimum absolute atomic E-state index is 0.359. The van der Waals surface area contributed by atoms with Gasteiger partial charge in [0.05, 0.1) is 17.2 Å². The van der Waals surface area contributed by atoms with Gasteiger partial charge in [0.15, 0.2) is 0 Å². The van der Waals surface area contributed by atoms with Crippen LogP contribution < -0.4 is 9.47 Å². The molecule has 0 aliphatic rings. The van der Waals surface area contributed by atoms with Crippen LogP contribution in [0.3, 0.4) is 0 Å². The molecule has 0 fully saturated rings. The van der Waals surface area contributed by atoms with Crippen molar-refractivity contribution in [3.8, 4) is 22.6 Å². The van der Waals surface area contributed by atoms with Crippen molar-refractivity contribution in [2.45, 2.75) is 97.3 Å². The summed E-state index contributed by atoms with van der Waals surface area (Å²) in [6.45, 7) is 5.13. The molecule has 0 N–H and O–H groups in total. The van der Waals surface area contributed by atoms with Gasteiger partial charge in [-0.3, -0.25) is 0 Å². The van der Waals surface area contributed by atoms with E-state index in [1.807, 2.05) is 42.5 Å². The number of hydrogen-bond acceptors (Lipinski definition) is 3. The Bertz CT molecular complexity index is 1110. The number of hydrogen-bond donors (Lipinski definition) is 0. The van der Waals surface area contributed by atoms with E-state index < -0.39 is 0 Å². The molecule has 0 atom stereocenters. The summed E-state index contributed by atoms with van der Waals surface area (Å²) in [6.07, 6.45) is 16.3. The molecule has 4 heteroatoms. The van der Waals surface area contributed by atoms with Gasteiger partial charge < -0.3 is 9.47 Å². The molecular formula is C35H45ClO3. The molecule has 39 heavy (non-hydrogen) atoms. The summed E-state index contributed by atoms with van der Waals surface area (Å²) >= 11 is 6.47. The molecule has 0 aliphatic heterocycles. The summed E-state index contributed by atoms with van der Waals surface area (Å²) in [5, 5.41) is 0.595. The minimum atomic E-state index is -0.359. The van der Waals surface area contributed by atoms with Crippen LogP contribution in [0.1, 0.15) is 107 Å². The molecule has 3 aromatic rings. The van der Waals surface area contributed by atoms with Gasteiger partial charge in [-0.2, -0.15) is 0 Å². The minimum Gasteiger partial charge on any atom is -0.492 e. The molecule has 3 aromatic carbocycles. The Kier molecular flexibility index (Phi) is 14.0. The highest BCUT2D eigenvalue weighted by atomic mass is 35.5. The van der Waals surface area contributed by atoms with Gasteiger partial charge in [-0.15, -0.1) is 0 Å². The van der Waals surface area contributed by atoms with Crippen molar-refractivity contribution in [2.75, 3.05) is 6.61 Å². The number of unbranched alkanes of at least 4 members (excludes halogenated alkanes) is 10. The predicted octanol–water partition coefficient (Wildman–Crippen LogP) is 10.9. The van der Waals surface area contributed by atoms with Gasteiger partial charge >= 0.3 is 5.97 Å². The average Bonchev–Trinajstić information content (AvgIpc) is 2.96. The second-order valence-corrected chi connectivity index (χ2v) is 10.8. The van der Waals surface area contributed by atoms with Gasteiger partial charge in [-0.1, -0.05) is 120 Å². The first-order valence-electron chi connectivity index (χ1n) is 14.9. The molecule has 0 aliphatic carbocycles. The number of carbonyl (C=O) groups excluding carboxylic acids is 1. The maximum atomic E-state index is 12.7. The molecule has 0 saturated carbocycles. The van der Waals surface area contributed by atoms with E-state index in [1.165, 1.54) is 76.2 Å². The van der Waals surface area contributed by atoms with E-state index in [-0.39, 0.29) is 5.97 Å². The summed E-state index contributed by atoms with van der Waals surface area (Å²) < 4.78 is 11.5. The highest BCUT2D eigenvalue weighted by Crippen LogP contribution is 2.31. The molecule has 0 aromatic heterocycles. The topological polar surface area (TPSA) is 35.5 Å². The Labute approximate surface area is 240 Å². The predicted molar refractivity (Wildman–Crippen MR) is 164 cm³/mol. The summed E-state index contributed by atoms with van der Waals surface area (Å²) in [6, 6.07) is 21.1. The molecule has 0 spiro atoms. The highest BCUT2D eigenvalue weighted by molar-refractivity contribution is 6.32. The smallest absolute Gasteiger partial charge is 0.343 e. The zero-order valence-electron chi connectivity index (χ0n) is 23.9. The van der Waals surface area contributed by atoms with Gasteiger partial charge in [-0.05, 0) is 72.4 Å². The Morgan fingerprint density at radius 1 is 0.667 bits per heavy atom. The average molecular weight is 549 g/mol. The van der Waals surface area contributed by atoms with Crippen molar-refractivity contribution in [1.82, 2.24) is 0 Å². The normalized spacial score (nSPS) is 10.9. The van der Waals surface area contributed by atoms with E-state index >= 15 is 0 Å². The number of halogens is 1. The molecule has 3 rings (SSSR count). The van der Waals surface area contributed by atoms with Crippen molar-refractivity contribution in [2.24, 2.45) is 0 Å². The molecule has 0 amide bonds. The lowest BCUT2D eigenvalue weighted by Crippen LogP contribution is -2.08. The first-order chi connectivity index (χ1) is 19.1. The summed E-state index contributed by atoms with van der Waals surface area (Å²) in [4.78, 5) is 12.7. The maximum Gasteiger partial charge on any atom is 0.343 e. The first-order valence-corrected chi connectivity index (χ1v) is 15.3. The van der Waals surface area contributed by atoms with Crippen molar-refractivity contribution < 1.29 is 14.3 Å². The van der Waals surface area contributed by atoms with Crippen LogP contribution in [0.2, 0.25) is 5.02 Å². The number of esters is 1. The van der Waals surface area contributed by atoms with Crippen LogP contribution in [0.15, 0.2) is 66.7 Å². The van der Waals surface area contributed by atoms with E-state index in [0.29, 0.717) is 28.7 Å². The second-order valence-electron chi connectivity index (χ2n) is 10.4. The molecule has 0 bridgehead atoms. The number of rotatable bonds is 18. The summed E-state index contributed by atoms with van der Waals surface area (Å²) in [5.41, 5.74) is 3.76. The van der Waals surface area contributed by atoms with Crippen molar-refractivity contribution in [3.05, 3.63) is 82.9 Å². The van der Waals surface area contributed by atoms with E-state index in [9.17, 15) is 4.79 Å². The van der Waals surface area contributed by atoms with Crippen LogP contribution in [0, 0.1) is 0 Å². The van der Waals surface area contributed by atoms with Crippen LogP contribution in [0.4, 0.5) is 0 Å². The molecule has 0 radical (unpaired) electrons. The van der Waals surface area contributed by atoms with Crippen molar-refractivity contribution >= 4 is 17.6 Å². The van der Waals surface area contributed by atoms with Crippen molar-refractivity contribution in [3.63, 3.8) is 0 Å². The highest BCUT2D eigenvalue weighted by Gasteiger charge is 2.10. The quantitative estimate of drug-likeness (QED) is 0.0900. The summed E-state index contributed by atoms with van der Waals surface area (Å²) in [5.74, 6) is 0.920.